The van der Waals surface area contributed by atoms with Gasteiger partial charge in [-0.3, -0.25) is 4.79 Å². The molecule has 0 radical (unpaired) electrons. The van der Waals surface area contributed by atoms with E-state index in [1.807, 2.05) is 6.92 Å². The molecule has 0 saturated carbocycles. The maximum absolute atomic E-state index is 13.4. The largest absolute Gasteiger partial charge is 0.463 e. The van der Waals surface area contributed by atoms with Crippen LogP contribution in [0, 0.1) is 6.92 Å². The summed E-state index contributed by atoms with van der Waals surface area (Å²) >= 11 is 0. The zero-order valence-electron chi connectivity index (χ0n) is 15.6. The SMILES string of the molecule is CCOC(=O)[C@](O)(c1ccc(N(C)C(=O)c2ccc(C)cc2)cc1)C(F)(F)F. The van der Waals surface area contributed by atoms with Crippen LogP contribution < -0.4 is 4.90 Å². The van der Waals surface area contributed by atoms with Crippen LogP contribution in [0.4, 0.5) is 18.9 Å². The summed E-state index contributed by atoms with van der Waals surface area (Å²) in [6.07, 6.45) is -5.27. The van der Waals surface area contributed by atoms with Gasteiger partial charge in [-0.25, -0.2) is 4.79 Å². The lowest BCUT2D eigenvalue weighted by Crippen LogP contribution is -2.50. The molecular formula is C20H20F3NO4. The summed E-state index contributed by atoms with van der Waals surface area (Å²) in [6, 6.07) is 11.2. The summed E-state index contributed by atoms with van der Waals surface area (Å²) in [4.78, 5) is 25.6. The number of ether oxygens (including phenoxy) is 1. The molecule has 0 unspecified atom stereocenters. The van der Waals surface area contributed by atoms with E-state index in [0.29, 0.717) is 11.3 Å². The average molecular weight is 395 g/mol. The Labute approximate surface area is 160 Å². The molecule has 1 amide bonds. The maximum atomic E-state index is 13.4. The molecule has 1 atom stereocenters. The van der Waals surface area contributed by atoms with Crippen molar-refractivity contribution in [3.63, 3.8) is 0 Å². The van der Waals surface area contributed by atoms with Crippen molar-refractivity contribution >= 4 is 17.6 Å². The highest BCUT2D eigenvalue weighted by Gasteiger charge is 2.62. The topological polar surface area (TPSA) is 66.8 Å². The van der Waals surface area contributed by atoms with E-state index in [4.69, 9.17) is 0 Å². The first-order chi connectivity index (χ1) is 13.0. The molecule has 28 heavy (non-hydrogen) atoms. The molecule has 1 N–H and O–H groups in total. The van der Waals surface area contributed by atoms with Crippen LogP contribution in [-0.4, -0.2) is 36.8 Å². The number of carbonyl (C=O) groups excluding carboxylic acids is 2. The molecule has 5 nitrogen and oxygen atoms in total. The Balaban J connectivity index is 2.33. The molecule has 0 saturated heterocycles. The van der Waals surface area contributed by atoms with E-state index in [-0.39, 0.29) is 12.5 Å². The number of esters is 1. The highest BCUT2D eigenvalue weighted by atomic mass is 19.4. The van der Waals surface area contributed by atoms with Crippen LogP contribution in [0.5, 0.6) is 0 Å². The van der Waals surface area contributed by atoms with Gasteiger partial charge in [-0.05, 0) is 38.1 Å². The molecule has 2 rings (SSSR count). The minimum atomic E-state index is -5.27. The first-order valence-corrected chi connectivity index (χ1v) is 8.44. The fraction of sp³-hybridized carbons (Fsp3) is 0.300. The lowest BCUT2D eigenvalue weighted by atomic mass is 9.93. The summed E-state index contributed by atoms with van der Waals surface area (Å²) in [5.74, 6) is -2.16. The second-order valence-electron chi connectivity index (χ2n) is 6.21. The van der Waals surface area contributed by atoms with E-state index < -0.39 is 23.3 Å². The van der Waals surface area contributed by atoms with Crippen molar-refractivity contribution < 1.29 is 32.6 Å². The zero-order valence-corrected chi connectivity index (χ0v) is 15.6. The number of nitrogens with zero attached hydrogens (tertiary/aromatic N) is 1. The van der Waals surface area contributed by atoms with Gasteiger partial charge >= 0.3 is 12.1 Å². The van der Waals surface area contributed by atoms with Gasteiger partial charge in [0.05, 0.1) is 6.61 Å². The molecule has 0 spiro atoms. The normalized spacial score (nSPS) is 13.5. The van der Waals surface area contributed by atoms with E-state index in [0.717, 1.165) is 17.7 Å². The van der Waals surface area contributed by atoms with Gasteiger partial charge in [0.25, 0.3) is 11.5 Å². The van der Waals surface area contributed by atoms with Gasteiger partial charge in [0, 0.05) is 23.9 Å². The van der Waals surface area contributed by atoms with Crippen molar-refractivity contribution in [2.75, 3.05) is 18.6 Å². The standard InChI is InChI=1S/C20H20F3NO4/c1-4-28-18(26)19(27,20(21,22)23)15-9-11-16(12-10-15)24(3)17(25)14-7-5-13(2)6-8-14/h5-12,27H,4H2,1-3H3/t19-/m1/s1. The van der Waals surface area contributed by atoms with Crippen molar-refractivity contribution in [3.8, 4) is 0 Å². The zero-order chi connectivity index (χ0) is 21.1. The Morgan fingerprint density at radius 1 is 1.04 bits per heavy atom. The Hall–Kier alpha value is -2.87. The number of alkyl halides is 3. The molecule has 8 heteroatoms. The van der Waals surface area contributed by atoms with Gasteiger partial charge in [-0.1, -0.05) is 29.8 Å². The minimum Gasteiger partial charge on any atom is -0.463 e. The van der Waals surface area contributed by atoms with Crippen molar-refractivity contribution in [1.82, 2.24) is 0 Å². The fourth-order valence-electron chi connectivity index (χ4n) is 2.57. The smallest absolute Gasteiger partial charge is 0.432 e. The second-order valence-corrected chi connectivity index (χ2v) is 6.21. The molecule has 150 valence electrons. The van der Waals surface area contributed by atoms with Gasteiger partial charge in [0.2, 0.25) is 0 Å². The molecule has 0 aromatic heterocycles. The quantitative estimate of drug-likeness (QED) is 0.786. The summed E-state index contributed by atoms with van der Waals surface area (Å²) in [7, 11) is 1.47. The summed E-state index contributed by atoms with van der Waals surface area (Å²) in [5.41, 5.74) is -2.80. The van der Waals surface area contributed by atoms with Gasteiger partial charge < -0.3 is 14.7 Å². The number of amides is 1. The highest BCUT2D eigenvalue weighted by Crippen LogP contribution is 2.40. The number of benzene rings is 2. The number of carbonyl (C=O) groups is 2. The Morgan fingerprint density at radius 3 is 2.04 bits per heavy atom. The summed E-state index contributed by atoms with van der Waals surface area (Å²) in [6.45, 7) is 2.90. The van der Waals surface area contributed by atoms with Crippen molar-refractivity contribution in [3.05, 3.63) is 65.2 Å². The van der Waals surface area contributed by atoms with Crippen LogP contribution in [0.1, 0.15) is 28.4 Å². The van der Waals surface area contributed by atoms with Gasteiger partial charge in [-0.2, -0.15) is 13.2 Å². The third-order valence-electron chi connectivity index (χ3n) is 4.26. The highest BCUT2D eigenvalue weighted by molar-refractivity contribution is 6.05. The number of hydrogen-bond donors (Lipinski definition) is 1. The third-order valence-corrected chi connectivity index (χ3v) is 4.26. The molecule has 2 aromatic carbocycles. The van der Waals surface area contributed by atoms with Crippen LogP contribution >= 0.6 is 0 Å². The van der Waals surface area contributed by atoms with Gasteiger partial charge in [0.1, 0.15) is 0 Å². The molecule has 0 aliphatic carbocycles. The molecule has 0 bridgehead atoms. The monoisotopic (exact) mass is 395 g/mol. The second kappa shape index (κ2) is 8.02. The van der Waals surface area contributed by atoms with Gasteiger partial charge in [0.15, 0.2) is 0 Å². The van der Waals surface area contributed by atoms with Crippen LogP contribution in [0.25, 0.3) is 0 Å². The van der Waals surface area contributed by atoms with Gasteiger partial charge in [-0.15, -0.1) is 0 Å². The molecule has 0 fully saturated rings. The number of aliphatic hydroxyl groups is 1. The number of hydrogen-bond acceptors (Lipinski definition) is 4. The van der Waals surface area contributed by atoms with Crippen LogP contribution in [0.3, 0.4) is 0 Å². The van der Waals surface area contributed by atoms with Crippen molar-refractivity contribution in [1.29, 1.82) is 0 Å². The molecule has 0 heterocycles. The molecule has 2 aromatic rings. The fourth-order valence-corrected chi connectivity index (χ4v) is 2.57. The number of halogens is 3. The lowest BCUT2D eigenvalue weighted by molar-refractivity contribution is -0.267. The first-order valence-electron chi connectivity index (χ1n) is 8.44. The number of aryl methyl sites for hydroxylation is 1. The van der Waals surface area contributed by atoms with Crippen molar-refractivity contribution in [2.24, 2.45) is 0 Å². The number of anilines is 1. The van der Waals surface area contributed by atoms with Crippen LogP contribution in [0.15, 0.2) is 48.5 Å². The average Bonchev–Trinajstić information content (AvgIpc) is 2.66. The van der Waals surface area contributed by atoms with E-state index in [2.05, 4.69) is 4.74 Å². The Bertz CT molecular complexity index is 847. The van der Waals surface area contributed by atoms with E-state index in [1.165, 1.54) is 31.0 Å². The lowest BCUT2D eigenvalue weighted by Gasteiger charge is -2.29. The molecule has 0 aliphatic heterocycles. The summed E-state index contributed by atoms with van der Waals surface area (Å²) < 4.78 is 44.6. The molecular weight excluding hydrogens is 375 g/mol. The Morgan fingerprint density at radius 2 is 1.57 bits per heavy atom. The predicted octanol–water partition coefficient (Wildman–Crippen LogP) is 3.58. The van der Waals surface area contributed by atoms with E-state index >= 15 is 0 Å². The first kappa shape index (κ1) is 21.4. The maximum Gasteiger partial charge on any atom is 0.432 e. The third kappa shape index (κ3) is 4.01. The van der Waals surface area contributed by atoms with E-state index in [9.17, 15) is 27.9 Å². The Kier molecular flexibility index (Phi) is 6.14. The number of rotatable bonds is 5. The molecule has 0 aliphatic rings. The predicted molar refractivity (Wildman–Crippen MR) is 96.9 cm³/mol. The van der Waals surface area contributed by atoms with Crippen LogP contribution in [0.2, 0.25) is 0 Å². The van der Waals surface area contributed by atoms with Crippen LogP contribution in [-0.2, 0) is 15.1 Å². The minimum absolute atomic E-state index is 0.294. The van der Waals surface area contributed by atoms with E-state index in [1.54, 1.807) is 24.3 Å². The van der Waals surface area contributed by atoms with Crippen molar-refractivity contribution in [2.45, 2.75) is 25.6 Å². The summed E-state index contributed by atoms with van der Waals surface area (Å²) in [5, 5.41) is 10.1.